The number of carbonyl (C=O) groups excluding carboxylic acids is 2. The molecule has 6 heteroatoms. The zero-order valence-corrected chi connectivity index (χ0v) is 13.9. The van der Waals surface area contributed by atoms with E-state index in [2.05, 4.69) is 16.0 Å². The number of nitrogens with one attached hydrogen (secondary N) is 3. The zero-order valence-electron chi connectivity index (χ0n) is 13.9. The van der Waals surface area contributed by atoms with Gasteiger partial charge >= 0.3 is 0 Å². The summed E-state index contributed by atoms with van der Waals surface area (Å²) in [6.45, 7) is 3.27. The predicted octanol–water partition coefficient (Wildman–Crippen LogP) is 2.51. The van der Waals surface area contributed by atoms with Crippen molar-refractivity contribution >= 4 is 23.2 Å². The predicted molar refractivity (Wildman–Crippen MR) is 90.8 cm³/mol. The van der Waals surface area contributed by atoms with Crippen LogP contribution in [-0.2, 0) is 9.59 Å². The molecule has 1 aromatic carbocycles. The maximum atomic E-state index is 12.3. The van der Waals surface area contributed by atoms with E-state index in [4.69, 9.17) is 4.74 Å². The molecular formula is C17H25N3O3. The Morgan fingerprint density at radius 1 is 1.26 bits per heavy atom. The molecule has 1 fully saturated rings. The second-order valence-corrected chi connectivity index (χ2v) is 5.95. The van der Waals surface area contributed by atoms with Gasteiger partial charge in [0.25, 0.3) is 0 Å². The fraction of sp³-hybridized carbons (Fsp3) is 0.529. The van der Waals surface area contributed by atoms with Gasteiger partial charge in [-0.3, -0.25) is 9.59 Å². The molecule has 0 saturated heterocycles. The molecule has 0 aromatic heterocycles. The quantitative estimate of drug-likeness (QED) is 0.753. The lowest BCUT2D eigenvalue weighted by atomic mass is 10.2. The van der Waals surface area contributed by atoms with Crippen LogP contribution in [0.5, 0.6) is 5.75 Å². The summed E-state index contributed by atoms with van der Waals surface area (Å²) in [7, 11) is 1.57. The van der Waals surface area contributed by atoms with Crippen molar-refractivity contribution in [3.63, 3.8) is 0 Å². The van der Waals surface area contributed by atoms with Crippen molar-refractivity contribution in [3.05, 3.63) is 18.2 Å². The van der Waals surface area contributed by atoms with Crippen LogP contribution in [0.4, 0.5) is 11.4 Å². The van der Waals surface area contributed by atoms with E-state index in [1.54, 1.807) is 25.3 Å². The molecule has 0 aliphatic heterocycles. The highest BCUT2D eigenvalue weighted by molar-refractivity contribution is 5.90. The maximum absolute atomic E-state index is 12.3. The Morgan fingerprint density at radius 3 is 2.57 bits per heavy atom. The van der Waals surface area contributed by atoms with Crippen LogP contribution in [0.1, 0.15) is 39.5 Å². The smallest absolute Gasteiger partial charge is 0.242 e. The van der Waals surface area contributed by atoms with Gasteiger partial charge in [0, 0.05) is 18.7 Å². The highest BCUT2D eigenvalue weighted by Gasteiger charge is 2.21. The average Bonchev–Trinajstić information content (AvgIpc) is 2.99. The van der Waals surface area contributed by atoms with Crippen LogP contribution in [0, 0.1) is 0 Å². The molecule has 1 atom stereocenters. The standard InChI is InChI=1S/C17H25N3O3/c1-11(17(22)20-13-6-4-5-7-13)18-15-10-14(19-12(2)21)8-9-16(15)23-3/h8-11,13,18H,4-7H2,1-3H3,(H,19,21)(H,20,22)/t11-/m0/s1. The van der Waals surface area contributed by atoms with Crippen LogP contribution in [0.2, 0.25) is 0 Å². The van der Waals surface area contributed by atoms with Crippen molar-refractivity contribution in [2.24, 2.45) is 0 Å². The van der Waals surface area contributed by atoms with Gasteiger partial charge in [0.2, 0.25) is 11.8 Å². The summed E-state index contributed by atoms with van der Waals surface area (Å²) in [4.78, 5) is 23.5. The number of hydrogen-bond donors (Lipinski definition) is 3. The normalized spacial score (nSPS) is 15.8. The van der Waals surface area contributed by atoms with Crippen molar-refractivity contribution in [2.45, 2.75) is 51.6 Å². The number of ether oxygens (including phenoxy) is 1. The van der Waals surface area contributed by atoms with Gasteiger partial charge < -0.3 is 20.7 Å². The summed E-state index contributed by atoms with van der Waals surface area (Å²) in [5, 5.41) is 8.95. The number of hydrogen-bond acceptors (Lipinski definition) is 4. The molecule has 0 spiro atoms. The first-order chi connectivity index (χ1) is 11.0. The molecule has 0 unspecified atom stereocenters. The first-order valence-electron chi connectivity index (χ1n) is 8.02. The minimum Gasteiger partial charge on any atom is -0.495 e. The molecule has 1 saturated carbocycles. The number of amides is 2. The Kier molecular flexibility index (Phi) is 5.84. The van der Waals surface area contributed by atoms with Crippen molar-refractivity contribution < 1.29 is 14.3 Å². The third-order valence-corrected chi connectivity index (χ3v) is 3.99. The lowest BCUT2D eigenvalue weighted by Crippen LogP contribution is -2.42. The summed E-state index contributed by atoms with van der Waals surface area (Å²) in [5.41, 5.74) is 1.33. The second kappa shape index (κ2) is 7.85. The minimum atomic E-state index is -0.392. The van der Waals surface area contributed by atoms with Gasteiger partial charge in [0.05, 0.1) is 12.8 Å². The fourth-order valence-electron chi connectivity index (χ4n) is 2.80. The number of anilines is 2. The summed E-state index contributed by atoms with van der Waals surface area (Å²) in [6.07, 6.45) is 4.47. The monoisotopic (exact) mass is 319 g/mol. The molecule has 0 bridgehead atoms. The second-order valence-electron chi connectivity index (χ2n) is 5.95. The van der Waals surface area contributed by atoms with Gasteiger partial charge in [-0.15, -0.1) is 0 Å². The Morgan fingerprint density at radius 2 is 1.96 bits per heavy atom. The molecule has 0 heterocycles. The zero-order chi connectivity index (χ0) is 16.8. The fourth-order valence-corrected chi connectivity index (χ4v) is 2.80. The van der Waals surface area contributed by atoms with Crippen LogP contribution < -0.4 is 20.7 Å². The number of methoxy groups -OCH3 is 1. The minimum absolute atomic E-state index is 0.0242. The lowest BCUT2D eigenvalue weighted by Gasteiger charge is -2.20. The molecule has 3 N–H and O–H groups in total. The highest BCUT2D eigenvalue weighted by Crippen LogP contribution is 2.28. The molecule has 2 rings (SSSR count). The third kappa shape index (κ3) is 4.87. The Balaban J connectivity index is 2.03. The maximum Gasteiger partial charge on any atom is 0.242 e. The number of benzene rings is 1. The van der Waals surface area contributed by atoms with Crippen LogP contribution in [0.25, 0.3) is 0 Å². The van der Waals surface area contributed by atoms with E-state index in [0.29, 0.717) is 23.2 Å². The Bertz CT molecular complexity index is 568. The summed E-state index contributed by atoms with van der Waals surface area (Å²) >= 11 is 0. The molecule has 126 valence electrons. The molecule has 1 aromatic rings. The van der Waals surface area contributed by atoms with Crippen molar-refractivity contribution in [1.82, 2.24) is 5.32 Å². The van der Waals surface area contributed by atoms with Crippen molar-refractivity contribution in [3.8, 4) is 5.75 Å². The molecule has 0 radical (unpaired) electrons. The van der Waals surface area contributed by atoms with E-state index in [1.807, 2.05) is 6.92 Å². The van der Waals surface area contributed by atoms with E-state index < -0.39 is 6.04 Å². The van der Waals surface area contributed by atoms with Gasteiger partial charge in [0.15, 0.2) is 0 Å². The molecular weight excluding hydrogens is 294 g/mol. The van der Waals surface area contributed by atoms with Gasteiger partial charge in [-0.25, -0.2) is 0 Å². The van der Waals surface area contributed by atoms with E-state index >= 15 is 0 Å². The highest BCUT2D eigenvalue weighted by atomic mass is 16.5. The van der Waals surface area contributed by atoms with Crippen LogP contribution in [0.15, 0.2) is 18.2 Å². The average molecular weight is 319 g/mol. The summed E-state index contributed by atoms with van der Waals surface area (Å²) in [6, 6.07) is 5.18. The molecule has 1 aliphatic rings. The van der Waals surface area contributed by atoms with Gasteiger partial charge in [-0.1, -0.05) is 12.8 Å². The Labute approximate surface area is 137 Å². The number of rotatable bonds is 6. The van der Waals surface area contributed by atoms with Gasteiger partial charge in [0.1, 0.15) is 11.8 Å². The van der Waals surface area contributed by atoms with E-state index in [-0.39, 0.29) is 11.8 Å². The molecule has 23 heavy (non-hydrogen) atoms. The molecule has 1 aliphatic carbocycles. The van der Waals surface area contributed by atoms with Crippen LogP contribution in [-0.4, -0.2) is 31.0 Å². The van der Waals surface area contributed by atoms with Gasteiger partial charge in [-0.05, 0) is 38.0 Å². The van der Waals surface area contributed by atoms with E-state index in [1.165, 1.54) is 19.8 Å². The largest absolute Gasteiger partial charge is 0.495 e. The topological polar surface area (TPSA) is 79.5 Å². The summed E-state index contributed by atoms with van der Waals surface area (Å²) in [5.74, 6) is 0.455. The Hall–Kier alpha value is -2.24. The van der Waals surface area contributed by atoms with Crippen LogP contribution in [0.3, 0.4) is 0 Å². The lowest BCUT2D eigenvalue weighted by molar-refractivity contribution is -0.122. The summed E-state index contributed by atoms with van der Waals surface area (Å²) < 4.78 is 5.31. The first kappa shape index (κ1) is 17.1. The first-order valence-corrected chi connectivity index (χ1v) is 8.02. The molecule has 2 amide bonds. The SMILES string of the molecule is COc1ccc(NC(C)=O)cc1N[C@@H](C)C(=O)NC1CCCC1. The third-order valence-electron chi connectivity index (χ3n) is 3.99. The van der Waals surface area contributed by atoms with Gasteiger partial charge in [-0.2, -0.15) is 0 Å². The number of carbonyl (C=O) groups is 2. The van der Waals surface area contributed by atoms with Crippen molar-refractivity contribution in [1.29, 1.82) is 0 Å². The van der Waals surface area contributed by atoms with E-state index in [9.17, 15) is 9.59 Å². The van der Waals surface area contributed by atoms with Crippen LogP contribution >= 0.6 is 0 Å². The van der Waals surface area contributed by atoms with Crippen molar-refractivity contribution in [2.75, 3.05) is 17.7 Å². The molecule has 6 nitrogen and oxygen atoms in total. The van der Waals surface area contributed by atoms with E-state index in [0.717, 1.165) is 12.8 Å².